The summed E-state index contributed by atoms with van der Waals surface area (Å²) in [5.74, 6) is 2.95. The van der Waals surface area contributed by atoms with Crippen LogP contribution in [0.3, 0.4) is 0 Å². The number of allylic oxidation sites excluding steroid dienone is 2. The fraction of sp³-hybridized carbons (Fsp3) is 0.606. The molecule has 3 aromatic rings. The molecule has 1 saturated carbocycles. The van der Waals surface area contributed by atoms with Crippen molar-refractivity contribution in [1.82, 2.24) is 10.6 Å². The van der Waals surface area contributed by atoms with Crippen molar-refractivity contribution in [2.45, 2.75) is 221 Å². The lowest BCUT2D eigenvalue weighted by Gasteiger charge is -2.52. The Balaban J connectivity index is 1.59. The third-order valence-electron chi connectivity index (χ3n) is 18.8. The van der Waals surface area contributed by atoms with Gasteiger partial charge in [0.1, 0.15) is 5.75 Å². The van der Waals surface area contributed by atoms with Crippen LogP contribution in [0.5, 0.6) is 5.75 Å². The smallest absolute Gasteiger partial charge is 0.309 e. The van der Waals surface area contributed by atoms with Crippen molar-refractivity contribution in [3.8, 4) is 17.6 Å². The highest BCUT2D eigenvalue weighted by Crippen LogP contribution is 2.47. The second-order valence-corrected chi connectivity index (χ2v) is 24.5. The van der Waals surface area contributed by atoms with Crippen molar-refractivity contribution in [3.63, 3.8) is 0 Å². The maximum Gasteiger partial charge on any atom is 0.309 e. The van der Waals surface area contributed by atoms with Gasteiger partial charge >= 0.3 is 11.9 Å². The molecule has 13 unspecified atom stereocenters. The lowest BCUT2D eigenvalue weighted by atomic mass is 9.64. The van der Waals surface area contributed by atoms with E-state index in [0.717, 1.165) is 36.0 Å². The molecular weight excluding hydrogens is 1030 g/mol. The number of aliphatic hydroxyl groups excluding tert-OH is 7. The van der Waals surface area contributed by atoms with Gasteiger partial charge in [-0.15, -0.1) is 0 Å². The first-order valence-corrected chi connectivity index (χ1v) is 29.9. The van der Waals surface area contributed by atoms with E-state index in [0.29, 0.717) is 79.2 Å². The number of rotatable bonds is 20. The van der Waals surface area contributed by atoms with Gasteiger partial charge in [-0.1, -0.05) is 105 Å². The average molecular weight is 1120 g/mol. The van der Waals surface area contributed by atoms with E-state index in [4.69, 9.17) is 0 Å². The molecule has 5 aliphatic rings. The lowest BCUT2D eigenvalue weighted by molar-refractivity contribution is -0.148. The number of phenolic OH excluding ortho intramolecular Hbond substituents is 1. The van der Waals surface area contributed by atoms with Gasteiger partial charge in [-0.05, 0) is 179 Å². The molecule has 0 radical (unpaired) electrons. The average Bonchev–Trinajstić information content (AvgIpc) is 4.01. The maximum atomic E-state index is 14.3. The Morgan fingerprint density at radius 2 is 1.63 bits per heavy atom. The zero-order chi connectivity index (χ0) is 58.5. The number of aryl methyl sites for hydroxylation is 1. The molecule has 15 nitrogen and oxygen atoms in total. The fourth-order valence-corrected chi connectivity index (χ4v) is 14.0. The molecule has 13 N–H and O–H groups in total. The van der Waals surface area contributed by atoms with Gasteiger partial charge in [0.2, 0.25) is 0 Å². The zero-order valence-electron chi connectivity index (χ0n) is 47.9. The molecule has 2 fully saturated rings. The highest BCUT2D eigenvalue weighted by molar-refractivity contribution is 5.75. The summed E-state index contributed by atoms with van der Waals surface area (Å²) in [5.41, 5.74) is 1.23. The SMILES string of the molecule is CCCCC(O)C(O)C=CC1=C(CC(O)CO)C2CCC(O)C3NC(C)CCC(C(O)Cc4ccc(cc4CC4(C(=O)O)CCCC4)CC(C(C)(O)C(CCCO)c4ccc(O)cc4)(CC#Cc4ccccc4CC1)N2)C3CC(=O)O. The van der Waals surface area contributed by atoms with Crippen LogP contribution in [0, 0.1) is 29.1 Å². The van der Waals surface area contributed by atoms with Crippen LogP contribution in [0.2, 0.25) is 0 Å². The summed E-state index contributed by atoms with van der Waals surface area (Å²) in [4.78, 5) is 26.4. The van der Waals surface area contributed by atoms with E-state index in [1.165, 1.54) is 0 Å². The third kappa shape index (κ3) is 15.8. The van der Waals surface area contributed by atoms with Crippen molar-refractivity contribution in [2.24, 2.45) is 17.3 Å². The molecule has 15 heteroatoms. The number of benzene rings is 3. The van der Waals surface area contributed by atoms with Gasteiger partial charge < -0.3 is 66.8 Å². The number of aliphatic hydroxyl groups is 8. The van der Waals surface area contributed by atoms with Crippen molar-refractivity contribution >= 4 is 11.9 Å². The summed E-state index contributed by atoms with van der Waals surface area (Å²) in [5, 5.41) is 135. The topological polar surface area (TPSA) is 281 Å². The number of unbranched alkanes of at least 4 members (excludes halogenated alkanes) is 1. The lowest BCUT2D eigenvalue weighted by Crippen LogP contribution is -2.67. The monoisotopic (exact) mass is 1120 g/mol. The first-order chi connectivity index (χ1) is 38.7. The fourth-order valence-electron chi connectivity index (χ4n) is 14.0. The van der Waals surface area contributed by atoms with Crippen LogP contribution in [0.25, 0.3) is 0 Å². The van der Waals surface area contributed by atoms with Crippen LogP contribution in [0.15, 0.2) is 90.0 Å². The predicted octanol–water partition coefficient (Wildman–Crippen LogP) is 6.93. The summed E-state index contributed by atoms with van der Waals surface area (Å²) in [6.45, 7) is 4.92. The predicted molar refractivity (Wildman–Crippen MR) is 311 cm³/mol. The second-order valence-electron chi connectivity index (χ2n) is 24.5. The zero-order valence-corrected chi connectivity index (χ0v) is 47.9. The molecular formula is C66H92N2O13. The number of hydrogen-bond donors (Lipinski definition) is 13. The Morgan fingerprint density at radius 1 is 0.889 bits per heavy atom. The van der Waals surface area contributed by atoms with Crippen molar-refractivity contribution in [2.75, 3.05) is 13.2 Å². The van der Waals surface area contributed by atoms with Crippen molar-refractivity contribution in [1.29, 1.82) is 0 Å². The largest absolute Gasteiger partial charge is 0.508 e. The molecule has 4 aliphatic heterocycles. The molecule has 0 spiro atoms. The van der Waals surface area contributed by atoms with E-state index in [-0.39, 0.29) is 82.6 Å². The third-order valence-corrected chi connectivity index (χ3v) is 18.8. The first-order valence-electron chi connectivity index (χ1n) is 29.9. The quantitative estimate of drug-likeness (QED) is 0.0511. The Morgan fingerprint density at radius 3 is 2.32 bits per heavy atom. The molecule has 3 aromatic carbocycles. The maximum absolute atomic E-state index is 14.3. The molecule has 0 amide bonds. The number of fused-ring (bicyclic) bond motifs is 6. The van der Waals surface area contributed by atoms with E-state index in [1.54, 1.807) is 43.3 Å². The summed E-state index contributed by atoms with van der Waals surface area (Å²) >= 11 is 0. The standard InChI is InChI=1S/C66H92N2O13/c1-4-5-16-57(73)58(74)29-24-46-21-20-45-13-7-6-12-44(45)14-10-33-66(64(3,81)55(15-11-34-69)47-22-25-50(71)26-23-47)39-43-18-19-48(49(35-43)40-65(63(79)80)31-8-9-32-65)36-60(76)52-27-17-42(2)67-62(54(52)38-61(77)78)59(75)30-28-56(68-66)53(46)37-51(72)41-70/h6-7,12-13,18-19,22-26,29,35,42,51-52,54-60,62,67-76,81H,4-5,8-9,11,15-17,20-21,27-28,30-34,36-41H2,1-3H3,(H,77,78)(H,79,80). The highest BCUT2D eigenvalue weighted by atomic mass is 16.4. The van der Waals surface area contributed by atoms with Crippen LogP contribution >= 0.6 is 0 Å². The van der Waals surface area contributed by atoms with Crippen molar-refractivity contribution < 1.29 is 65.8 Å². The van der Waals surface area contributed by atoms with E-state index in [9.17, 15) is 65.8 Å². The Labute approximate surface area is 479 Å². The summed E-state index contributed by atoms with van der Waals surface area (Å²) in [6.07, 6.45) is 4.01. The number of aliphatic carboxylic acids is 2. The number of hydrogen-bond acceptors (Lipinski definition) is 13. The number of carboxylic acids is 2. The van der Waals surface area contributed by atoms with Crippen molar-refractivity contribution in [3.05, 3.63) is 123 Å². The molecule has 81 heavy (non-hydrogen) atoms. The van der Waals surface area contributed by atoms with Gasteiger partial charge in [-0.3, -0.25) is 9.59 Å². The Kier molecular flexibility index (Phi) is 22.8. The van der Waals surface area contributed by atoms with Gasteiger partial charge in [0.15, 0.2) is 0 Å². The van der Waals surface area contributed by atoms with Gasteiger partial charge in [0, 0.05) is 42.6 Å². The summed E-state index contributed by atoms with van der Waals surface area (Å²) < 4.78 is 0. The van der Waals surface area contributed by atoms with Gasteiger partial charge in [0.05, 0.1) is 60.1 Å². The minimum absolute atomic E-state index is 0.0175. The van der Waals surface area contributed by atoms with Crippen LogP contribution < -0.4 is 10.6 Å². The number of carbonyl (C=O) groups is 2. The van der Waals surface area contributed by atoms with Crippen LogP contribution in [0.1, 0.15) is 169 Å². The minimum Gasteiger partial charge on any atom is -0.508 e. The molecule has 4 heterocycles. The number of phenols is 1. The molecule has 6 bridgehead atoms. The molecule has 13 atom stereocenters. The molecule has 1 aliphatic carbocycles. The highest BCUT2D eigenvalue weighted by Gasteiger charge is 2.53. The van der Waals surface area contributed by atoms with E-state index in [1.807, 2.05) is 56.3 Å². The normalized spacial score (nSPS) is 27.8. The number of nitrogens with one attached hydrogen (secondary N) is 2. The van der Waals surface area contributed by atoms with Crippen LogP contribution in [-0.2, 0) is 35.3 Å². The van der Waals surface area contributed by atoms with E-state index >= 15 is 0 Å². The number of aromatic hydroxyl groups is 1. The van der Waals surface area contributed by atoms with Gasteiger partial charge in [-0.25, -0.2) is 0 Å². The second kappa shape index (κ2) is 29.0. The van der Waals surface area contributed by atoms with Gasteiger partial charge in [-0.2, -0.15) is 0 Å². The summed E-state index contributed by atoms with van der Waals surface area (Å²) in [7, 11) is 0. The number of carboxylic acid groups (broad SMARTS) is 2. The Hall–Kier alpha value is -4.96. The van der Waals surface area contributed by atoms with Gasteiger partial charge in [0.25, 0.3) is 0 Å². The molecule has 0 aromatic heterocycles. The first kappa shape index (κ1) is 63.6. The molecule has 8 rings (SSSR count). The molecule has 444 valence electrons. The van der Waals surface area contributed by atoms with E-state index < -0.39 is 95.5 Å². The van der Waals surface area contributed by atoms with E-state index in [2.05, 4.69) is 22.5 Å². The minimum atomic E-state index is -1.85. The Bertz CT molecular complexity index is 2670. The molecule has 1 saturated heterocycles. The summed E-state index contributed by atoms with van der Waals surface area (Å²) in [6, 6.07) is 18.4. The van der Waals surface area contributed by atoms with Crippen LogP contribution in [0.4, 0.5) is 0 Å². The van der Waals surface area contributed by atoms with Crippen LogP contribution in [-0.4, -0.2) is 141 Å².